The third-order valence-electron chi connectivity index (χ3n) is 4.95. The molecule has 0 fully saturated rings. The highest BCUT2D eigenvalue weighted by molar-refractivity contribution is 5.98. The first kappa shape index (κ1) is 18.7. The number of esters is 1. The van der Waals surface area contributed by atoms with E-state index in [-0.39, 0.29) is 24.8 Å². The van der Waals surface area contributed by atoms with Crippen molar-refractivity contribution in [2.75, 3.05) is 6.61 Å². The van der Waals surface area contributed by atoms with Crippen LogP contribution < -0.4 is 0 Å². The number of rotatable bonds is 7. The van der Waals surface area contributed by atoms with Crippen molar-refractivity contribution in [2.24, 2.45) is 0 Å². The Kier molecular flexibility index (Phi) is 5.52. The number of para-hydroxylation sites is 1. The monoisotopic (exact) mass is 383 g/mol. The smallest absolute Gasteiger partial charge is 0.306 e. The number of aryl methyl sites for hydroxylation is 1. The molecule has 1 N–H and O–H groups in total. The minimum atomic E-state index is -0.371. The van der Waals surface area contributed by atoms with Crippen molar-refractivity contribution in [1.82, 2.24) is 4.98 Å². The van der Waals surface area contributed by atoms with E-state index >= 15 is 0 Å². The molecule has 0 saturated heterocycles. The Morgan fingerprint density at radius 1 is 0.793 bits per heavy atom. The van der Waals surface area contributed by atoms with Crippen molar-refractivity contribution >= 4 is 22.7 Å². The van der Waals surface area contributed by atoms with Crippen LogP contribution in [0.25, 0.3) is 22.0 Å². The molecule has 1 aromatic heterocycles. The van der Waals surface area contributed by atoms with Crippen LogP contribution in [0.2, 0.25) is 0 Å². The number of fused-ring (bicyclic) bond motifs is 1. The summed E-state index contributed by atoms with van der Waals surface area (Å²) in [6.45, 7) is -0.239. The SMILES string of the molecule is O=C(CCc1c[nH]c2ccccc12)OCC(=O)c1ccc(-c2ccccc2)cc1. The zero-order valence-corrected chi connectivity index (χ0v) is 15.9. The van der Waals surface area contributed by atoms with E-state index in [1.807, 2.05) is 72.9 Å². The summed E-state index contributed by atoms with van der Waals surface area (Å²) in [5, 5.41) is 1.11. The molecule has 0 spiro atoms. The first-order valence-electron chi connectivity index (χ1n) is 9.60. The van der Waals surface area contributed by atoms with E-state index < -0.39 is 0 Å². The fourth-order valence-corrected chi connectivity index (χ4v) is 3.36. The lowest BCUT2D eigenvalue weighted by Gasteiger charge is -2.06. The highest BCUT2D eigenvalue weighted by atomic mass is 16.5. The van der Waals surface area contributed by atoms with Crippen LogP contribution in [0.15, 0.2) is 85.1 Å². The Morgan fingerprint density at radius 3 is 2.28 bits per heavy atom. The van der Waals surface area contributed by atoms with E-state index in [1.54, 1.807) is 12.1 Å². The van der Waals surface area contributed by atoms with Crippen LogP contribution in [-0.2, 0) is 16.0 Å². The van der Waals surface area contributed by atoms with Gasteiger partial charge in [-0.05, 0) is 29.2 Å². The number of ketones is 1. The number of benzene rings is 3. The highest BCUT2D eigenvalue weighted by Crippen LogP contribution is 2.20. The molecule has 0 bridgehead atoms. The summed E-state index contributed by atoms with van der Waals surface area (Å²) in [5.41, 5.74) is 4.78. The summed E-state index contributed by atoms with van der Waals surface area (Å²) < 4.78 is 5.18. The molecule has 1 heterocycles. The number of aromatic amines is 1. The molecule has 0 saturated carbocycles. The second-order valence-corrected chi connectivity index (χ2v) is 6.89. The second kappa shape index (κ2) is 8.57. The molecule has 0 aliphatic rings. The second-order valence-electron chi connectivity index (χ2n) is 6.89. The van der Waals surface area contributed by atoms with Crippen LogP contribution in [0.5, 0.6) is 0 Å². The van der Waals surface area contributed by atoms with Gasteiger partial charge in [-0.25, -0.2) is 0 Å². The summed E-state index contributed by atoms with van der Waals surface area (Å²) in [6.07, 6.45) is 2.72. The van der Waals surface area contributed by atoms with Crippen molar-refractivity contribution in [1.29, 1.82) is 0 Å². The molecule has 3 aromatic carbocycles. The first-order chi connectivity index (χ1) is 14.2. The standard InChI is InChI=1S/C25H21NO3/c27-24(20-12-10-19(11-13-20)18-6-2-1-3-7-18)17-29-25(28)15-14-21-16-26-23-9-5-4-8-22(21)23/h1-13,16,26H,14-15,17H2. The molecule has 0 aliphatic heterocycles. The molecule has 144 valence electrons. The van der Waals surface area contributed by atoms with Gasteiger partial charge in [0, 0.05) is 29.1 Å². The van der Waals surface area contributed by atoms with Crippen molar-refractivity contribution in [2.45, 2.75) is 12.8 Å². The molecule has 4 nitrogen and oxygen atoms in total. The minimum Gasteiger partial charge on any atom is -0.457 e. The zero-order valence-electron chi connectivity index (χ0n) is 15.9. The van der Waals surface area contributed by atoms with Gasteiger partial charge in [0.05, 0.1) is 0 Å². The molecule has 4 heteroatoms. The molecule has 0 aliphatic carbocycles. The zero-order chi connectivity index (χ0) is 20.1. The number of H-pyrrole nitrogens is 1. The van der Waals surface area contributed by atoms with Crippen LogP contribution in [0.3, 0.4) is 0 Å². The van der Waals surface area contributed by atoms with Crippen LogP contribution in [0, 0.1) is 0 Å². The van der Waals surface area contributed by atoms with Gasteiger partial charge in [0.2, 0.25) is 0 Å². The summed E-state index contributed by atoms with van der Waals surface area (Å²) in [4.78, 5) is 27.6. The van der Waals surface area contributed by atoms with Crippen LogP contribution in [0.4, 0.5) is 0 Å². The van der Waals surface area contributed by atoms with Crippen molar-refractivity contribution < 1.29 is 14.3 Å². The molecule has 4 aromatic rings. The van der Waals surface area contributed by atoms with Gasteiger partial charge >= 0.3 is 5.97 Å². The Balaban J connectivity index is 1.29. The fourth-order valence-electron chi connectivity index (χ4n) is 3.36. The van der Waals surface area contributed by atoms with Gasteiger partial charge in [-0.1, -0.05) is 72.8 Å². The van der Waals surface area contributed by atoms with Crippen molar-refractivity contribution in [3.05, 3.63) is 96.2 Å². The number of nitrogens with one attached hydrogen (secondary N) is 1. The summed E-state index contributed by atoms with van der Waals surface area (Å²) >= 11 is 0. The normalized spacial score (nSPS) is 10.8. The van der Waals surface area contributed by atoms with E-state index in [0.29, 0.717) is 12.0 Å². The average molecular weight is 383 g/mol. The van der Waals surface area contributed by atoms with Crippen LogP contribution in [0.1, 0.15) is 22.3 Å². The number of ether oxygens (including phenoxy) is 1. The predicted octanol–water partition coefficient (Wildman–Crippen LogP) is 5.19. The first-order valence-corrected chi connectivity index (χ1v) is 9.60. The molecule has 0 amide bonds. The van der Waals surface area contributed by atoms with E-state index in [1.165, 1.54) is 0 Å². The van der Waals surface area contributed by atoms with Gasteiger partial charge in [0.25, 0.3) is 0 Å². The van der Waals surface area contributed by atoms with E-state index in [4.69, 9.17) is 4.74 Å². The van der Waals surface area contributed by atoms with Gasteiger partial charge < -0.3 is 9.72 Å². The van der Waals surface area contributed by atoms with E-state index in [0.717, 1.165) is 27.6 Å². The Morgan fingerprint density at radius 2 is 1.48 bits per heavy atom. The Hall–Kier alpha value is -3.66. The largest absolute Gasteiger partial charge is 0.457 e. The minimum absolute atomic E-state index is 0.204. The Labute approximate surface area is 169 Å². The molecule has 0 unspecified atom stereocenters. The summed E-state index contributed by atoms with van der Waals surface area (Å²) in [6, 6.07) is 25.3. The van der Waals surface area contributed by atoms with Gasteiger partial charge in [0.15, 0.2) is 12.4 Å². The number of carbonyl (C=O) groups is 2. The maximum Gasteiger partial charge on any atom is 0.306 e. The number of hydrogen-bond donors (Lipinski definition) is 1. The number of Topliss-reactive ketones (excluding diaryl/α,β-unsaturated/α-hetero) is 1. The van der Waals surface area contributed by atoms with E-state index in [2.05, 4.69) is 4.98 Å². The number of carbonyl (C=O) groups excluding carboxylic acids is 2. The van der Waals surface area contributed by atoms with Gasteiger partial charge in [-0.15, -0.1) is 0 Å². The molecule has 4 rings (SSSR count). The maximum atomic E-state index is 12.3. The molecular formula is C25H21NO3. The van der Waals surface area contributed by atoms with Gasteiger partial charge in [-0.3, -0.25) is 9.59 Å². The molecular weight excluding hydrogens is 362 g/mol. The summed E-state index contributed by atoms with van der Waals surface area (Å²) in [7, 11) is 0. The lowest BCUT2D eigenvalue weighted by atomic mass is 10.0. The maximum absolute atomic E-state index is 12.3. The van der Waals surface area contributed by atoms with Crippen molar-refractivity contribution in [3.8, 4) is 11.1 Å². The van der Waals surface area contributed by atoms with Gasteiger partial charge in [-0.2, -0.15) is 0 Å². The number of aromatic nitrogens is 1. The fraction of sp³-hybridized carbons (Fsp3) is 0.120. The molecule has 29 heavy (non-hydrogen) atoms. The Bertz CT molecular complexity index is 1130. The summed E-state index contributed by atoms with van der Waals surface area (Å²) in [5.74, 6) is -0.574. The van der Waals surface area contributed by atoms with Crippen molar-refractivity contribution in [3.63, 3.8) is 0 Å². The highest BCUT2D eigenvalue weighted by Gasteiger charge is 2.12. The van der Waals surface area contributed by atoms with Gasteiger partial charge in [0.1, 0.15) is 0 Å². The molecule has 0 atom stereocenters. The lowest BCUT2D eigenvalue weighted by Crippen LogP contribution is -2.14. The topological polar surface area (TPSA) is 59.2 Å². The third kappa shape index (κ3) is 4.43. The van der Waals surface area contributed by atoms with Crippen LogP contribution in [-0.4, -0.2) is 23.3 Å². The molecule has 0 radical (unpaired) electrons. The lowest BCUT2D eigenvalue weighted by molar-refractivity contribution is -0.142. The third-order valence-corrected chi connectivity index (χ3v) is 4.95. The van der Waals surface area contributed by atoms with Crippen LogP contribution >= 0.6 is 0 Å². The average Bonchev–Trinajstić information content (AvgIpc) is 3.20. The quantitative estimate of drug-likeness (QED) is 0.353. The number of hydrogen-bond acceptors (Lipinski definition) is 3. The predicted molar refractivity (Wildman–Crippen MR) is 114 cm³/mol. The van der Waals surface area contributed by atoms with E-state index in [9.17, 15) is 9.59 Å².